The molecule has 0 aromatic carbocycles. The lowest BCUT2D eigenvalue weighted by Gasteiger charge is -2.22. The van der Waals surface area contributed by atoms with Crippen molar-refractivity contribution in [1.82, 2.24) is 9.97 Å². The van der Waals surface area contributed by atoms with Gasteiger partial charge in [-0.25, -0.2) is 9.97 Å². The van der Waals surface area contributed by atoms with Crippen molar-refractivity contribution in [2.45, 2.75) is 38.1 Å². The third-order valence-electron chi connectivity index (χ3n) is 3.52. The third-order valence-corrected chi connectivity index (χ3v) is 3.52. The van der Waals surface area contributed by atoms with Crippen molar-refractivity contribution >= 4 is 5.95 Å². The van der Waals surface area contributed by atoms with Crippen LogP contribution in [0.2, 0.25) is 0 Å². The molecule has 17 heavy (non-hydrogen) atoms. The van der Waals surface area contributed by atoms with Gasteiger partial charge in [0.25, 0.3) is 0 Å². The lowest BCUT2D eigenvalue weighted by Crippen LogP contribution is -2.29. The summed E-state index contributed by atoms with van der Waals surface area (Å²) in [5, 5.41) is 0. The Morgan fingerprint density at radius 3 is 2.41 bits per heavy atom. The van der Waals surface area contributed by atoms with Gasteiger partial charge in [0.05, 0.1) is 0 Å². The van der Waals surface area contributed by atoms with Crippen LogP contribution in [0.25, 0.3) is 0 Å². The van der Waals surface area contributed by atoms with Crippen LogP contribution in [0.5, 0.6) is 0 Å². The molecule has 0 radical (unpaired) electrons. The molecule has 2 aliphatic rings. The molecule has 2 N–H and O–H groups in total. The molecule has 0 bridgehead atoms. The van der Waals surface area contributed by atoms with Gasteiger partial charge in [-0.2, -0.15) is 0 Å². The number of aromatic nitrogens is 2. The van der Waals surface area contributed by atoms with E-state index in [2.05, 4.69) is 14.9 Å². The molecule has 0 saturated heterocycles. The highest BCUT2D eigenvalue weighted by molar-refractivity contribution is 5.34. The maximum atomic E-state index is 5.52. The van der Waals surface area contributed by atoms with Crippen LogP contribution in [-0.4, -0.2) is 29.1 Å². The number of rotatable bonds is 6. The van der Waals surface area contributed by atoms with Crippen molar-refractivity contribution in [1.29, 1.82) is 0 Å². The van der Waals surface area contributed by atoms with E-state index < -0.39 is 0 Å². The zero-order valence-corrected chi connectivity index (χ0v) is 10.2. The smallest absolute Gasteiger partial charge is 0.225 e. The first-order chi connectivity index (χ1) is 8.36. The predicted molar refractivity (Wildman–Crippen MR) is 67.9 cm³/mol. The van der Waals surface area contributed by atoms with Gasteiger partial charge in [-0.3, -0.25) is 0 Å². The van der Waals surface area contributed by atoms with Gasteiger partial charge in [0.2, 0.25) is 5.95 Å². The van der Waals surface area contributed by atoms with Crippen LogP contribution in [0, 0.1) is 5.92 Å². The van der Waals surface area contributed by atoms with Gasteiger partial charge in [0.15, 0.2) is 0 Å². The summed E-state index contributed by atoms with van der Waals surface area (Å²) >= 11 is 0. The van der Waals surface area contributed by atoms with Gasteiger partial charge in [-0.1, -0.05) is 0 Å². The Morgan fingerprint density at radius 1 is 1.18 bits per heavy atom. The standard InChI is InChI=1S/C13H20N4/c14-6-5-11-7-15-13(16-8-11)17(12-3-4-12)9-10-1-2-10/h7-8,10,12H,1-6,9,14H2. The molecular weight excluding hydrogens is 212 g/mol. The normalized spacial score (nSPS) is 19.4. The zero-order valence-electron chi connectivity index (χ0n) is 10.2. The van der Waals surface area contributed by atoms with E-state index in [1.54, 1.807) is 0 Å². The summed E-state index contributed by atoms with van der Waals surface area (Å²) in [7, 11) is 0. The van der Waals surface area contributed by atoms with E-state index in [0.717, 1.165) is 30.4 Å². The van der Waals surface area contributed by atoms with E-state index in [4.69, 9.17) is 5.73 Å². The third kappa shape index (κ3) is 2.75. The average molecular weight is 232 g/mol. The Labute approximate surface area is 102 Å². The molecule has 4 heteroatoms. The van der Waals surface area contributed by atoms with Crippen molar-refractivity contribution in [2.24, 2.45) is 11.7 Å². The number of anilines is 1. The maximum absolute atomic E-state index is 5.52. The molecule has 0 spiro atoms. The van der Waals surface area contributed by atoms with Crippen LogP contribution in [0.15, 0.2) is 12.4 Å². The van der Waals surface area contributed by atoms with Crippen molar-refractivity contribution in [3.05, 3.63) is 18.0 Å². The minimum atomic E-state index is 0.664. The van der Waals surface area contributed by atoms with Gasteiger partial charge in [0.1, 0.15) is 0 Å². The number of nitrogens with two attached hydrogens (primary N) is 1. The molecule has 2 fully saturated rings. The van der Waals surface area contributed by atoms with Crippen LogP contribution < -0.4 is 10.6 Å². The Hall–Kier alpha value is -1.16. The molecule has 92 valence electrons. The Balaban J connectivity index is 1.70. The molecule has 2 saturated carbocycles. The predicted octanol–water partition coefficient (Wildman–Crippen LogP) is 1.36. The molecule has 1 aromatic rings. The second-order valence-corrected chi connectivity index (χ2v) is 5.26. The summed E-state index contributed by atoms with van der Waals surface area (Å²) in [6.45, 7) is 1.82. The molecule has 3 rings (SSSR count). The average Bonchev–Trinajstić information content (AvgIpc) is 3.21. The van der Waals surface area contributed by atoms with Crippen LogP contribution in [0.3, 0.4) is 0 Å². The largest absolute Gasteiger partial charge is 0.338 e. The highest BCUT2D eigenvalue weighted by Gasteiger charge is 2.34. The second-order valence-electron chi connectivity index (χ2n) is 5.26. The van der Waals surface area contributed by atoms with Crippen LogP contribution >= 0.6 is 0 Å². The quantitative estimate of drug-likeness (QED) is 0.804. The first-order valence-electron chi connectivity index (χ1n) is 6.64. The second kappa shape index (κ2) is 4.61. The van der Waals surface area contributed by atoms with Crippen molar-refractivity contribution in [3.63, 3.8) is 0 Å². The summed E-state index contributed by atoms with van der Waals surface area (Å²) in [5.74, 6) is 1.81. The van der Waals surface area contributed by atoms with E-state index in [9.17, 15) is 0 Å². The zero-order chi connectivity index (χ0) is 11.7. The van der Waals surface area contributed by atoms with Crippen LogP contribution in [-0.2, 0) is 6.42 Å². The first-order valence-corrected chi connectivity index (χ1v) is 6.64. The Morgan fingerprint density at radius 2 is 1.88 bits per heavy atom. The summed E-state index contributed by atoms with van der Waals surface area (Å²) in [4.78, 5) is 11.4. The molecule has 0 unspecified atom stereocenters. The maximum Gasteiger partial charge on any atom is 0.225 e. The number of nitrogens with zero attached hydrogens (tertiary/aromatic N) is 3. The van der Waals surface area contributed by atoms with E-state index in [1.807, 2.05) is 12.4 Å². The minimum Gasteiger partial charge on any atom is -0.338 e. The fourth-order valence-electron chi connectivity index (χ4n) is 2.15. The van der Waals surface area contributed by atoms with Gasteiger partial charge < -0.3 is 10.6 Å². The molecular formula is C13H20N4. The van der Waals surface area contributed by atoms with Crippen LogP contribution in [0.4, 0.5) is 5.95 Å². The fourth-order valence-corrected chi connectivity index (χ4v) is 2.15. The van der Waals surface area contributed by atoms with Gasteiger partial charge in [-0.05, 0) is 50.1 Å². The molecule has 0 amide bonds. The van der Waals surface area contributed by atoms with Gasteiger partial charge >= 0.3 is 0 Å². The summed E-state index contributed by atoms with van der Waals surface area (Å²) < 4.78 is 0. The molecule has 2 aliphatic carbocycles. The summed E-state index contributed by atoms with van der Waals surface area (Å²) in [5.41, 5.74) is 6.66. The lowest BCUT2D eigenvalue weighted by atomic mass is 10.2. The van der Waals surface area contributed by atoms with E-state index in [0.29, 0.717) is 12.6 Å². The summed E-state index contributed by atoms with van der Waals surface area (Å²) in [6, 6.07) is 0.705. The van der Waals surface area contributed by atoms with E-state index in [1.165, 1.54) is 25.7 Å². The van der Waals surface area contributed by atoms with Gasteiger partial charge in [-0.15, -0.1) is 0 Å². The van der Waals surface area contributed by atoms with Crippen molar-refractivity contribution in [3.8, 4) is 0 Å². The molecule has 1 aromatic heterocycles. The monoisotopic (exact) mass is 232 g/mol. The fraction of sp³-hybridized carbons (Fsp3) is 0.692. The minimum absolute atomic E-state index is 0.664. The number of hydrogen-bond acceptors (Lipinski definition) is 4. The Bertz CT molecular complexity index is 368. The van der Waals surface area contributed by atoms with Crippen molar-refractivity contribution < 1.29 is 0 Å². The van der Waals surface area contributed by atoms with Crippen LogP contribution in [0.1, 0.15) is 31.2 Å². The first kappa shape index (κ1) is 11.0. The molecule has 1 heterocycles. The summed E-state index contributed by atoms with van der Waals surface area (Å²) in [6.07, 6.45) is 10.1. The molecule has 0 aliphatic heterocycles. The Kier molecular flexibility index (Phi) is 2.97. The highest BCUT2D eigenvalue weighted by atomic mass is 15.3. The van der Waals surface area contributed by atoms with Gasteiger partial charge in [0, 0.05) is 25.0 Å². The SMILES string of the molecule is NCCc1cnc(N(CC2CC2)C2CC2)nc1. The molecule has 0 atom stereocenters. The van der Waals surface area contributed by atoms with E-state index >= 15 is 0 Å². The van der Waals surface area contributed by atoms with Crippen molar-refractivity contribution in [2.75, 3.05) is 18.0 Å². The van der Waals surface area contributed by atoms with E-state index in [-0.39, 0.29) is 0 Å². The highest BCUT2D eigenvalue weighted by Crippen LogP contribution is 2.36. The molecule has 4 nitrogen and oxygen atoms in total. The lowest BCUT2D eigenvalue weighted by molar-refractivity contribution is 0.695. The number of hydrogen-bond donors (Lipinski definition) is 1. The topological polar surface area (TPSA) is 55.0 Å².